The summed E-state index contributed by atoms with van der Waals surface area (Å²) in [5.74, 6) is 236. The minimum absolute atomic E-state index is 0.740. The van der Waals surface area contributed by atoms with Crippen molar-refractivity contribution in [1.29, 1.82) is 0 Å². The molecule has 0 saturated heterocycles. The summed E-state index contributed by atoms with van der Waals surface area (Å²) in [7, 11) is 0. The fourth-order valence-corrected chi connectivity index (χ4v) is 3.01. The molecule has 0 heteroatoms. The molecule has 0 aliphatic carbocycles. The zero-order valence-corrected chi connectivity index (χ0v) is 49.7. The Balaban J connectivity index is 4.63. The second-order valence-corrected chi connectivity index (χ2v) is 12.3. The molecule has 0 N–H and O–H groups in total. The first-order valence-electron chi connectivity index (χ1n) is 24.8. The molecule has 0 aromatic heterocycles. The highest BCUT2D eigenvalue weighted by Crippen LogP contribution is 1.68. The summed E-state index contributed by atoms with van der Waals surface area (Å²) >= 11 is 0. The van der Waals surface area contributed by atoms with Crippen molar-refractivity contribution in [3.63, 3.8) is 0 Å². The first-order chi connectivity index (χ1) is 48.4. The Morgan fingerprint density at radius 1 is 0.0928 bits per heavy atom. The van der Waals surface area contributed by atoms with Gasteiger partial charge >= 0.3 is 0 Å². The van der Waals surface area contributed by atoms with Crippen LogP contribution in [0.4, 0.5) is 0 Å². The molecule has 0 atom stereocenters. The molecule has 0 aromatic carbocycles. The van der Waals surface area contributed by atoms with Gasteiger partial charge in [0.15, 0.2) is 0 Å². The fraction of sp³-hybridized carbons (Fsp3) is 0.0309. The van der Waals surface area contributed by atoms with E-state index in [9.17, 15) is 0 Å². The molecule has 0 radical (unpaired) electrons. The summed E-state index contributed by atoms with van der Waals surface area (Å²) < 4.78 is 0. The molecule has 396 valence electrons. The van der Waals surface area contributed by atoms with Crippen LogP contribution in [-0.4, -0.2) is 0 Å². The molecule has 0 amide bonds. The van der Waals surface area contributed by atoms with E-state index in [1.165, 1.54) is 0 Å². The van der Waals surface area contributed by atoms with Crippen LogP contribution in [0.15, 0.2) is 0 Å². The zero-order chi connectivity index (χ0) is 69.2. The third-order valence-electron chi connectivity index (χ3n) is 6.08. The Bertz CT molecular complexity index is 6730. The second-order valence-electron chi connectivity index (χ2n) is 12.3. The number of rotatable bonds is 0. The minimum Gasteiger partial charge on any atom is -0.0925 e. The van der Waals surface area contributed by atoms with E-state index in [2.05, 4.69) is 557 Å². The Kier molecular flexibility index (Phi) is 59.3. The van der Waals surface area contributed by atoms with Crippen LogP contribution < -0.4 is 0 Å². The summed E-state index contributed by atoms with van der Waals surface area (Å²) in [5.41, 5.74) is 0. The van der Waals surface area contributed by atoms with E-state index < -0.39 is 0 Å². The van der Waals surface area contributed by atoms with E-state index in [1.807, 2.05) is 6.92 Å². The topological polar surface area (TPSA) is 0 Å². The van der Waals surface area contributed by atoms with E-state index in [0.717, 1.165) is 6.42 Å². The van der Waals surface area contributed by atoms with Gasteiger partial charge in [-0.3, -0.25) is 0 Å². The van der Waals surface area contributed by atoms with Crippen LogP contribution in [0.3, 0.4) is 0 Å². The molecule has 0 unspecified atom stereocenters. The van der Waals surface area contributed by atoms with Crippen molar-refractivity contribution in [2.45, 2.75) is 20.3 Å². The highest BCUT2D eigenvalue weighted by atomic mass is 13.7. The highest BCUT2D eigenvalue weighted by molar-refractivity contribution is 5.55. The molecule has 0 aliphatic rings. The summed E-state index contributed by atoms with van der Waals surface area (Å²) in [6.07, 6.45) is 0.740. The van der Waals surface area contributed by atoms with Gasteiger partial charge in [0.1, 0.15) is 0 Å². The quantitative estimate of drug-likeness (QED) is 0.324. The van der Waals surface area contributed by atoms with Gasteiger partial charge in [-0.15, -0.1) is 0 Å². The Labute approximate surface area is 573 Å². The van der Waals surface area contributed by atoms with Crippen LogP contribution in [-0.2, 0) is 0 Å². The monoisotopic (exact) mass is 1170 g/mol. The first kappa shape index (κ1) is 76.3. The molecule has 0 nitrogen and oxygen atoms in total. The van der Waals surface area contributed by atoms with Crippen molar-refractivity contribution < 1.29 is 0 Å². The van der Waals surface area contributed by atoms with Crippen molar-refractivity contribution in [2.24, 2.45) is 0 Å². The van der Waals surface area contributed by atoms with Crippen molar-refractivity contribution >= 4 is 0 Å². The first-order valence-corrected chi connectivity index (χ1v) is 24.8. The van der Waals surface area contributed by atoms with Crippen molar-refractivity contribution in [3.05, 3.63) is 0 Å². The fourth-order valence-electron chi connectivity index (χ4n) is 3.01. The van der Waals surface area contributed by atoms with E-state index >= 15 is 0 Å². The number of hydrogen-bond acceptors (Lipinski definition) is 0. The van der Waals surface area contributed by atoms with Gasteiger partial charge in [0.25, 0.3) is 0 Å². The lowest BCUT2D eigenvalue weighted by Gasteiger charge is -1.60. The highest BCUT2D eigenvalue weighted by Gasteiger charge is 1.67. The van der Waals surface area contributed by atoms with Gasteiger partial charge in [-0.1, -0.05) is 18.8 Å². The zero-order valence-electron chi connectivity index (χ0n) is 49.7. The van der Waals surface area contributed by atoms with E-state index in [1.54, 1.807) is 6.92 Å². The second kappa shape index (κ2) is 75.3. The molecule has 0 heterocycles. The van der Waals surface area contributed by atoms with Crippen LogP contribution in [0, 0.1) is 557 Å². The van der Waals surface area contributed by atoms with E-state index in [4.69, 9.17) is 0 Å². The predicted octanol–water partition coefficient (Wildman–Crippen LogP) is 1.58. The lowest BCUT2D eigenvalue weighted by atomic mass is 10.4. The normalized spacial score (nSPS) is 4.06. The molecule has 0 spiro atoms. The van der Waals surface area contributed by atoms with Gasteiger partial charge in [-0.25, -0.2) is 0 Å². The maximum absolute atomic E-state index is 2.81. The summed E-state index contributed by atoms with van der Waals surface area (Å²) in [5, 5.41) is 0. The van der Waals surface area contributed by atoms with Crippen LogP contribution in [0.5, 0.6) is 0 Å². The Morgan fingerprint density at radius 2 is 0.155 bits per heavy atom. The average Bonchev–Trinajstić information content (AvgIpc) is 3.61. The van der Waals surface area contributed by atoms with Gasteiger partial charge in [-0.05, 0) is 102 Å². The Hall–Kier alpha value is -20.7. The van der Waals surface area contributed by atoms with Gasteiger partial charge in [-0.2, -0.15) is 0 Å². The van der Waals surface area contributed by atoms with Crippen LogP contribution >= 0.6 is 0 Å². The van der Waals surface area contributed by atoms with Gasteiger partial charge in [0, 0.05) is 456 Å². The van der Waals surface area contributed by atoms with E-state index in [-0.39, 0.29) is 0 Å². The molecule has 0 fully saturated rings. The lowest BCUT2D eigenvalue weighted by Crippen LogP contribution is -1.57. The van der Waals surface area contributed by atoms with Gasteiger partial charge in [0.05, 0.1) is 0 Å². The molecule has 0 aromatic rings. The van der Waals surface area contributed by atoms with Crippen LogP contribution in [0.2, 0.25) is 0 Å². The molecule has 97 heavy (non-hydrogen) atoms. The van der Waals surface area contributed by atoms with Crippen LogP contribution in [0.25, 0.3) is 0 Å². The average molecular weight is 1170 g/mol. The third kappa shape index (κ3) is 75.3. The largest absolute Gasteiger partial charge is 0.0925 e. The molecule has 0 rings (SSSR count). The smallest absolute Gasteiger partial charge is 0.00704 e. The van der Waals surface area contributed by atoms with Gasteiger partial charge in [0.2, 0.25) is 0 Å². The molecule has 0 saturated carbocycles. The maximum atomic E-state index is 2.81. The van der Waals surface area contributed by atoms with Gasteiger partial charge < -0.3 is 0 Å². The number of hydrogen-bond donors (Lipinski definition) is 0. The standard InChI is InChI=1S/C97H8/c1-3-5-7-9-11-13-15-17-19-21-23-25-27-29-31-33-35-37-39-41-43-45-47-49-51-53-55-57-59-61-63-65-67-69-71-73-75-77-79-81-83-85-87-89-91-93-95-97-96-94-92-90-88-86-84-82-80-78-76-74-72-70-68-66-64-62-60-58-56-54-52-50-48-46-44-42-40-38-36-34-32-30-28-26-24-22-20-18-16-14-12-10-8-6-4-2/h3H2,1-2H3. The predicted molar refractivity (Wildman–Crippen MR) is 381 cm³/mol. The summed E-state index contributed by atoms with van der Waals surface area (Å²) in [4.78, 5) is 0. The van der Waals surface area contributed by atoms with Crippen LogP contribution in [0.1, 0.15) is 20.3 Å². The molecular weight excluding hydrogens is 1170 g/mol. The third-order valence-corrected chi connectivity index (χ3v) is 6.08. The van der Waals surface area contributed by atoms with E-state index in [0.29, 0.717) is 0 Å². The SMILES string of the molecule is CC#CC#CC#CC#CC#CC#CC#CC#CC#CC#CC#CC#CC#CC#CC#CC#CC#CC#CC#CC#CC#CC#CC#CC#CC#CC#CC#CC#CC#CC#CC#CC#CC#CC#CC#CC#CC#CC#CC#CC#CC#CC#CC#CC#CC#CC#CC#CCC. The lowest BCUT2D eigenvalue weighted by molar-refractivity contribution is 1.28. The minimum atomic E-state index is 0.740. The van der Waals surface area contributed by atoms with Crippen molar-refractivity contribution in [1.82, 2.24) is 0 Å². The van der Waals surface area contributed by atoms with Crippen molar-refractivity contribution in [3.8, 4) is 557 Å². The Morgan fingerprint density at radius 3 is 0.216 bits per heavy atom. The van der Waals surface area contributed by atoms with Crippen molar-refractivity contribution in [2.75, 3.05) is 0 Å². The maximum Gasteiger partial charge on any atom is 0.00704 e. The summed E-state index contributed by atoms with van der Waals surface area (Å²) in [6, 6.07) is 0. The summed E-state index contributed by atoms with van der Waals surface area (Å²) in [6.45, 7) is 3.62. The molecular formula is C97H8. The molecule has 0 bridgehead atoms. The molecule has 0 aliphatic heterocycles.